The van der Waals surface area contributed by atoms with Crippen molar-refractivity contribution in [1.82, 2.24) is 15.1 Å². The highest BCUT2D eigenvalue weighted by atomic mass is 79.9. The Morgan fingerprint density at radius 2 is 1.62 bits per heavy atom. The fourth-order valence-corrected chi connectivity index (χ4v) is 6.96. The summed E-state index contributed by atoms with van der Waals surface area (Å²) < 4.78 is 1.06. The van der Waals surface area contributed by atoms with Gasteiger partial charge >= 0.3 is 0 Å². The molecule has 1 atom stereocenters. The maximum absolute atomic E-state index is 13.7. The standard InChI is InChI=1S/C32H42BrN3O2.ClH/c1-31(26-8-4-2-5-9-26,29(37)34-28-10-6-3-7-11-28)16-20-35-21-17-32(18-22-35)19-23-36(30(32)38)24-25-12-14-27(33)15-13-25;/h2,4-5,8-9,12-15,28H,3,6-7,10-11,16-24H2,1H3,(H,34,37);1H. The second-order valence-electron chi connectivity index (χ2n) is 12.0. The molecule has 1 N–H and O–H groups in total. The van der Waals surface area contributed by atoms with Crippen molar-refractivity contribution in [2.24, 2.45) is 5.41 Å². The Bertz CT molecular complexity index is 1100. The van der Waals surface area contributed by atoms with E-state index in [1.165, 1.54) is 24.8 Å². The Morgan fingerprint density at radius 3 is 2.28 bits per heavy atom. The predicted molar refractivity (Wildman–Crippen MR) is 163 cm³/mol. The Kier molecular flexibility index (Phi) is 10.2. The number of nitrogens with one attached hydrogen (secondary N) is 1. The quantitative estimate of drug-likeness (QED) is 0.369. The molecule has 3 aliphatic rings. The van der Waals surface area contributed by atoms with Crippen LogP contribution in [-0.4, -0.2) is 53.8 Å². The van der Waals surface area contributed by atoms with Gasteiger partial charge in [-0.1, -0.05) is 77.7 Å². The highest BCUT2D eigenvalue weighted by molar-refractivity contribution is 9.10. The zero-order chi connectivity index (χ0) is 26.6. The lowest BCUT2D eigenvalue weighted by Gasteiger charge is -2.40. The molecule has 1 unspecified atom stereocenters. The first-order chi connectivity index (χ1) is 18.4. The average Bonchev–Trinajstić information content (AvgIpc) is 3.24. The van der Waals surface area contributed by atoms with Gasteiger partial charge in [-0.3, -0.25) is 9.59 Å². The number of hydrogen-bond acceptors (Lipinski definition) is 3. The summed E-state index contributed by atoms with van der Waals surface area (Å²) in [4.78, 5) is 31.7. The minimum absolute atomic E-state index is 0. The van der Waals surface area contributed by atoms with Gasteiger partial charge in [0.2, 0.25) is 11.8 Å². The summed E-state index contributed by atoms with van der Waals surface area (Å²) >= 11 is 3.49. The van der Waals surface area contributed by atoms with Crippen LogP contribution in [-0.2, 0) is 21.5 Å². The summed E-state index contributed by atoms with van der Waals surface area (Å²) in [6, 6.07) is 18.9. The van der Waals surface area contributed by atoms with Crippen LogP contribution in [0.5, 0.6) is 0 Å². The molecule has 2 aliphatic heterocycles. The largest absolute Gasteiger partial charge is 0.353 e. The van der Waals surface area contributed by atoms with E-state index >= 15 is 0 Å². The molecule has 0 bridgehead atoms. The topological polar surface area (TPSA) is 52.7 Å². The van der Waals surface area contributed by atoms with E-state index in [0.29, 0.717) is 18.5 Å². The lowest BCUT2D eigenvalue weighted by Crippen LogP contribution is -2.50. The molecule has 3 fully saturated rings. The van der Waals surface area contributed by atoms with Crippen LogP contribution in [0, 0.1) is 5.41 Å². The van der Waals surface area contributed by atoms with Crippen molar-refractivity contribution in [3.8, 4) is 0 Å². The van der Waals surface area contributed by atoms with Crippen LogP contribution in [0.25, 0.3) is 0 Å². The summed E-state index contributed by atoms with van der Waals surface area (Å²) in [6.45, 7) is 6.38. The van der Waals surface area contributed by atoms with E-state index in [2.05, 4.69) is 62.2 Å². The number of rotatable bonds is 8. The van der Waals surface area contributed by atoms with E-state index in [-0.39, 0.29) is 23.7 Å². The summed E-state index contributed by atoms with van der Waals surface area (Å²) in [7, 11) is 0. The van der Waals surface area contributed by atoms with E-state index in [1.54, 1.807) is 0 Å². The van der Waals surface area contributed by atoms with Crippen molar-refractivity contribution in [2.45, 2.75) is 82.7 Å². The monoisotopic (exact) mass is 615 g/mol. The normalized spacial score (nSPS) is 21.4. The van der Waals surface area contributed by atoms with E-state index in [4.69, 9.17) is 0 Å². The molecule has 2 aromatic carbocycles. The second-order valence-corrected chi connectivity index (χ2v) is 12.9. The van der Waals surface area contributed by atoms with Crippen LogP contribution in [0.4, 0.5) is 0 Å². The maximum atomic E-state index is 13.7. The third-order valence-electron chi connectivity index (χ3n) is 9.48. The SMILES string of the molecule is CC(CCN1CCC2(CC1)CCN(Cc1ccc(Br)cc1)C2=O)(C(=O)NC1CCCCC1)c1ccccc1.Cl. The molecule has 1 aliphatic carbocycles. The first-order valence-electron chi connectivity index (χ1n) is 14.5. The van der Waals surface area contributed by atoms with Gasteiger partial charge in [0.25, 0.3) is 0 Å². The minimum Gasteiger partial charge on any atom is -0.353 e. The summed E-state index contributed by atoms with van der Waals surface area (Å²) in [5, 5.41) is 3.41. The molecule has 2 amide bonds. The zero-order valence-corrected chi connectivity index (χ0v) is 25.6. The molecule has 2 heterocycles. The Labute approximate surface area is 248 Å². The van der Waals surface area contributed by atoms with E-state index in [1.807, 2.05) is 30.3 Å². The molecule has 2 aromatic rings. The van der Waals surface area contributed by atoms with Gasteiger partial charge in [-0.2, -0.15) is 0 Å². The third-order valence-corrected chi connectivity index (χ3v) is 10.0. The van der Waals surface area contributed by atoms with E-state index in [9.17, 15) is 9.59 Å². The lowest BCUT2D eigenvalue weighted by molar-refractivity contribution is -0.138. The maximum Gasteiger partial charge on any atom is 0.230 e. The van der Waals surface area contributed by atoms with Crippen molar-refractivity contribution >= 4 is 40.2 Å². The smallest absolute Gasteiger partial charge is 0.230 e. The van der Waals surface area contributed by atoms with Gasteiger partial charge in [-0.05, 0) is 88.3 Å². The highest BCUT2D eigenvalue weighted by Gasteiger charge is 2.48. The highest BCUT2D eigenvalue weighted by Crippen LogP contribution is 2.42. The van der Waals surface area contributed by atoms with E-state index in [0.717, 1.165) is 74.7 Å². The predicted octanol–water partition coefficient (Wildman–Crippen LogP) is 6.48. The first-order valence-corrected chi connectivity index (χ1v) is 15.3. The molecule has 5 rings (SSSR count). The van der Waals surface area contributed by atoms with Crippen LogP contribution in [0.3, 0.4) is 0 Å². The van der Waals surface area contributed by atoms with Crippen LogP contribution >= 0.6 is 28.3 Å². The number of carbonyl (C=O) groups is 2. The minimum atomic E-state index is -0.557. The number of halogens is 2. The molecule has 0 radical (unpaired) electrons. The van der Waals surface area contributed by atoms with Gasteiger partial charge in [-0.15, -0.1) is 12.4 Å². The van der Waals surface area contributed by atoms with Crippen molar-refractivity contribution in [3.05, 3.63) is 70.2 Å². The van der Waals surface area contributed by atoms with E-state index < -0.39 is 5.41 Å². The molecule has 2 saturated heterocycles. The lowest BCUT2D eigenvalue weighted by atomic mass is 9.75. The van der Waals surface area contributed by atoms with Gasteiger partial charge < -0.3 is 15.1 Å². The number of nitrogens with zero attached hydrogens (tertiary/aromatic N) is 2. The summed E-state index contributed by atoms with van der Waals surface area (Å²) in [5.74, 6) is 0.500. The zero-order valence-electron chi connectivity index (χ0n) is 23.2. The van der Waals surface area contributed by atoms with Crippen LogP contribution in [0.15, 0.2) is 59.1 Å². The first kappa shape index (κ1) is 30.1. The van der Waals surface area contributed by atoms with Crippen molar-refractivity contribution in [3.63, 3.8) is 0 Å². The Hall–Kier alpha value is -1.89. The van der Waals surface area contributed by atoms with Crippen LogP contribution < -0.4 is 5.32 Å². The number of amides is 2. The van der Waals surface area contributed by atoms with Crippen molar-refractivity contribution in [2.75, 3.05) is 26.2 Å². The summed E-state index contributed by atoms with van der Waals surface area (Å²) in [6.07, 6.45) is 9.47. The van der Waals surface area contributed by atoms with Crippen LogP contribution in [0.2, 0.25) is 0 Å². The number of benzene rings is 2. The number of likely N-dealkylation sites (tertiary alicyclic amines) is 2. The summed E-state index contributed by atoms with van der Waals surface area (Å²) in [5.41, 5.74) is 1.52. The molecule has 5 nitrogen and oxygen atoms in total. The number of carbonyl (C=O) groups excluding carboxylic acids is 2. The second kappa shape index (κ2) is 13.2. The number of piperidine rings is 1. The number of hydrogen-bond donors (Lipinski definition) is 1. The fraction of sp³-hybridized carbons (Fsp3) is 0.562. The Morgan fingerprint density at radius 1 is 0.974 bits per heavy atom. The molecule has 0 aromatic heterocycles. The van der Waals surface area contributed by atoms with Crippen molar-refractivity contribution in [1.29, 1.82) is 0 Å². The molecule has 1 spiro atoms. The Balaban J connectivity index is 0.00000353. The van der Waals surface area contributed by atoms with Gasteiger partial charge in [0.15, 0.2) is 0 Å². The molecule has 39 heavy (non-hydrogen) atoms. The van der Waals surface area contributed by atoms with Gasteiger partial charge in [0, 0.05) is 23.6 Å². The van der Waals surface area contributed by atoms with Crippen LogP contribution in [0.1, 0.15) is 75.8 Å². The van der Waals surface area contributed by atoms with Gasteiger partial charge in [0.1, 0.15) is 0 Å². The van der Waals surface area contributed by atoms with Crippen molar-refractivity contribution < 1.29 is 9.59 Å². The van der Waals surface area contributed by atoms with Gasteiger partial charge in [-0.25, -0.2) is 0 Å². The third kappa shape index (κ3) is 6.89. The molecule has 212 valence electrons. The average molecular weight is 617 g/mol. The molecule has 7 heteroatoms. The fourth-order valence-electron chi connectivity index (χ4n) is 6.69. The van der Waals surface area contributed by atoms with Gasteiger partial charge in [0.05, 0.1) is 10.8 Å². The molecular formula is C32H43BrClN3O2. The molecule has 1 saturated carbocycles. The molecular weight excluding hydrogens is 574 g/mol.